The fraction of sp³-hybridized carbons (Fsp3) is 0.909. The Balaban J connectivity index is 2.68. The molecule has 88 valence electrons. The van der Waals surface area contributed by atoms with Crippen molar-refractivity contribution < 1.29 is 18.0 Å². The number of rotatable bonds is 1. The van der Waals surface area contributed by atoms with Crippen molar-refractivity contribution in [1.82, 2.24) is 0 Å². The second-order valence-electron chi connectivity index (χ2n) is 4.68. The maximum absolute atomic E-state index is 12.5. The third kappa shape index (κ3) is 3.21. The molecular formula is C11H17F3O. The van der Waals surface area contributed by atoms with Gasteiger partial charge in [-0.05, 0) is 31.1 Å². The van der Waals surface area contributed by atoms with Crippen LogP contribution in [0.15, 0.2) is 0 Å². The zero-order valence-corrected chi connectivity index (χ0v) is 9.10. The van der Waals surface area contributed by atoms with Gasteiger partial charge in [-0.1, -0.05) is 13.8 Å². The third-order valence-corrected chi connectivity index (χ3v) is 3.31. The molecule has 15 heavy (non-hydrogen) atoms. The Morgan fingerprint density at radius 1 is 1.20 bits per heavy atom. The summed E-state index contributed by atoms with van der Waals surface area (Å²) in [7, 11) is 0. The van der Waals surface area contributed by atoms with E-state index in [2.05, 4.69) is 0 Å². The van der Waals surface area contributed by atoms with E-state index in [1.54, 1.807) is 0 Å². The molecule has 0 aromatic rings. The van der Waals surface area contributed by atoms with E-state index < -0.39 is 17.9 Å². The molecule has 0 spiro atoms. The minimum atomic E-state index is -4.34. The van der Waals surface area contributed by atoms with Gasteiger partial charge in [0.25, 0.3) is 0 Å². The zero-order chi connectivity index (χ0) is 11.6. The number of hydrogen-bond donors (Lipinski definition) is 0. The average Bonchev–Trinajstić information content (AvgIpc) is 2.25. The molecule has 2 atom stereocenters. The van der Waals surface area contributed by atoms with Gasteiger partial charge in [0.1, 0.15) is 11.7 Å². The molecule has 1 aliphatic rings. The number of carbonyl (C=O) groups excluding carboxylic acids is 1. The van der Waals surface area contributed by atoms with Crippen molar-refractivity contribution in [3.63, 3.8) is 0 Å². The Morgan fingerprint density at radius 3 is 2.27 bits per heavy atom. The Hall–Kier alpha value is -0.540. The number of Topliss-reactive ketones (excluding diaryl/α,β-unsaturated/α-hetero) is 1. The van der Waals surface area contributed by atoms with Crippen LogP contribution < -0.4 is 0 Å². The summed E-state index contributed by atoms with van der Waals surface area (Å²) in [6, 6.07) is 0. The smallest absolute Gasteiger partial charge is 0.299 e. The van der Waals surface area contributed by atoms with E-state index in [9.17, 15) is 18.0 Å². The van der Waals surface area contributed by atoms with Crippen LogP contribution in [0.25, 0.3) is 0 Å². The molecule has 1 fully saturated rings. The van der Waals surface area contributed by atoms with Crippen LogP contribution in [0.1, 0.15) is 39.5 Å². The lowest BCUT2D eigenvalue weighted by atomic mass is 9.88. The molecule has 1 rings (SSSR count). The van der Waals surface area contributed by atoms with Crippen molar-refractivity contribution in [3.8, 4) is 0 Å². The first-order valence-corrected chi connectivity index (χ1v) is 5.41. The molecule has 0 bridgehead atoms. The molecule has 0 amide bonds. The van der Waals surface area contributed by atoms with E-state index in [0.29, 0.717) is 18.8 Å². The molecular weight excluding hydrogens is 205 g/mol. The molecule has 1 saturated carbocycles. The molecule has 0 aromatic carbocycles. The summed E-state index contributed by atoms with van der Waals surface area (Å²) in [5, 5.41) is 0. The lowest BCUT2D eigenvalue weighted by molar-refractivity contribution is -0.182. The lowest BCUT2D eigenvalue weighted by Crippen LogP contribution is -2.29. The number of carbonyl (C=O) groups is 1. The Morgan fingerprint density at radius 2 is 1.80 bits per heavy atom. The van der Waals surface area contributed by atoms with Crippen molar-refractivity contribution in [2.24, 2.45) is 17.8 Å². The summed E-state index contributed by atoms with van der Waals surface area (Å²) in [4.78, 5) is 11.3. The van der Waals surface area contributed by atoms with Crippen LogP contribution >= 0.6 is 0 Å². The second-order valence-corrected chi connectivity index (χ2v) is 4.68. The van der Waals surface area contributed by atoms with Gasteiger partial charge in [-0.2, -0.15) is 13.2 Å². The number of halogens is 3. The molecule has 2 unspecified atom stereocenters. The number of alkyl halides is 3. The van der Waals surface area contributed by atoms with Crippen LogP contribution in [0.5, 0.6) is 0 Å². The Labute approximate surface area is 88.0 Å². The minimum absolute atomic E-state index is 0.0226. The summed E-state index contributed by atoms with van der Waals surface area (Å²) in [5.41, 5.74) is 0. The predicted molar refractivity (Wildman–Crippen MR) is 51.3 cm³/mol. The van der Waals surface area contributed by atoms with Crippen molar-refractivity contribution in [2.45, 2.75) is 45.7 Å². The molecule has 0 aromatic heterocycles. The van der Waals surface area contributed by atoms with Gasteiger partial charge in [0.05, 0.1) is 0 Å². The number of hydrogen-bond acceptors (Lipinski definition) is 1. The van der Waals surface area contributed by atoms with Gasteiger partial charge < -0.3 is 0 Å². The van der Waals surface area contributed by atoms with Gasteiger partial charge in [-0.25, -0.2) is 0 Å². The quantitative estimate of drug-likeness (QED) is 0.620. The first-order valence-electron chi connectivity index (χ1n) is 5.41. The molecule has 0 radical (unpaired) electrons. The lowest BCUT2D eigenvalue weighted by Gasteiger charge is -2.19. The molecule has 1 aliphatic carbocycles. The van der Waals surface area contributed by atoms with Gasteiger partial charge in [-0.3, -0.25) is 4.79 Å². The van der Waals surface area contributed by atoms with Crippen LogP contribution in [-0.2, 0) is 4.79 Å². The molecule has 0 heterocycles. The summed E-state index contributed by atoms with van der Waals surface area (Å²) in [6.07, 6.45) is -3.14. The standard InChI is InChI=1S/C11H17F3O/c1-7(2)8-3-5-9(11(12,13)14)10(15)6-4-8/h7-9H,3-6H2,1-2H3. The van der Waals surface area contributed by atoms with E-state index in [1.165, 1.54) is 0 Å². The molecule has 4 heteroatoms. The third-order valence-electron chi connectivity index (χ3n) is 3.31. The van der Waals surface area contributed by atoms with Crippen molar-refractivity contribution >= 4 is 5.78 Å². The Bertz CT molecular complexity index is 232. The first kappa shape index (κ1) is 12.5. The maximum atomic E-state index is 12.5. The van der Waals surface area contributed by atoms with E-state index in [0.717, 1.165) is 0 Å². The van der Waals surface area contributed by atoms with E-state index >= 15 is 0 Å². The van der Waals surface area contributed by atoms with Crippen LogP contribution in [0.3, 0.4) is 0 Å². The van der Waals surface area contributed by atoms with Gasteiger partial charge in [0, 0.05) is 6.42 Å². The monoisotopic (exact) mass is 222 g/mol. The summed E-state index contributed by atoms with van der Waals surface area (Å²) < 4.78 is 37.4. The summed E-state index contributed by atoms with van der Waals surface area (Å²) in [6.45, 7) is 4.01. The molecule has 0 saturated heterocycles. The van der Waals surface area contributed by atoms with Crippen LogP contribution in [0, 0.1) is 17.8 Å². The second kappa shape index (κ2) is 4.54. The topological polar surface area (TPSA) is 17.1 Å². The fourth-order valence-corrected chi connectivity index (χ4v) is 2.20. The van der Waals surface area contributed by atoms with Gasteiger partial charge in [0.2, 0.25) is 0 Å². The van der Waals surface area contributed by atoms with E-state index in [4.69, 9.17) is 0 Å². The first-order chi connectivity index (χ1) is 6.82. The zero-order valence-electron chi connectivity index (χ0n) is 9.10. The fourth-order valence-electron chi connectivity index (χ4n) is 2.20. The van der Waals surface area contributed by atoms with E-state index in [1.807, 2.05) is 13.8 Å². The van der Waals surface area contributed by atoms with Crippen molar-refractivity contribution in [2.75, 3.05) is 0 Å². The summed E-state index contributed by atoms with van der Waals surface area (Å²) >= 11 is 0. The molecule has 0 N–H and O–H groups in total. The molecule has 1 nitrogen and oxygen atoms in total. The van der Waals surface area contributed by atoms with Gasteiger partial charge in [0.15, 0.2) is 0 Å². The highest BCUT2D eigenvalue weighted by Gasteiger charge is 2.45. The van der Waals surface area contributed by atoms with E-state index in [-0.39, 0.29) is 18.8 Å². The normalized spacial score (nSPS) is 29.3. The molecule has 0 aliphatic heterocycles. The largest absolute Gasteiger partial charge is 0.398 e. The predicted octanol–water partition coefficient (Wildman–Crippen LogP) is 3.58. The SMILES string of the molecule is CC(C)C1CCC(=O)C(C(F)(F)F)CC1. The van der Waals surface area contributed by atoms with Crippen LogP contribution in [0.4, 0.5) is 13.2 Å². The van der Waals surface area contributed by atoms with Gasteiger partial charge in [-0.15, -0.1) is 0 Å². The van der Waals surface area contributed by atoms with Crippen LogP contribution in [0.2, 0.25) is 0 Å². The highest BCUT2D eigenvalue weighted by Crippen LogP contribution is 2.37. The maximum Gasteiger partial charge on any atom is 0.398 e. The average molecular weight is 222 g/mol. The van der Waals surface area contributed by atoms with Crippen molar-refractivity contribution in [1.29, 1.82) is 0 Å². The Kier molecular flexibility index (Phi) is 3.79. The summed E-state index contributed by atoms with van der Waals surface area (Å²) in [5.74, 6) is -1.70. The van der Waals surface area contributed by atoms with Crippen molar-refractivity contribution in [3.05, 3.63) is 0 Å². The number of ketones is 1. The highest BCUT2D eigenvalue weighted by molar-refractivity contribution is 5.81. The highest BCUT2D eigenvalue weighted by atomic mass is 19.4. The minimum Gasteiger partial charge on any atom is -0.299 e. The van der Waals surface area contributed by atoms with Crippen LogP contribution in [-0.4, -0.2) is 12.0 Å². The van der Waals surface area contributed by atoms with Gasteiger partial charge >= 0.3 is 6.18 Å².